The number of hydrogen-bond acceptors (Lipinski definition) is 4. The molecule has 1 fully saturated rings. The lowest BCUT2D eigenvalue weighted by Crippen LogP contribution is -2.44. The van der Waals surface area contributed by atoms with Gasteiger partial charge in [0.1, 0.15) is 5.60 Å². The number of ether oxygens (including phenoxy) is 1. The van der Waals surface area contributed by atoms with Gasteiger partial charge < -0.3 is 20.3 Å². The van der Waals surface area contributed by atoms with Crippen molar-refractivity contribution in [1.82, 2.24) is 4.90 Å². The van der Waals surface area contributed by atoms with E-state index in [1.807, 2.05) is 56.9 Å². The maximum Gasteiger partial charge on any atom is 0.410 e. The van der Waals surface area contributed by atoms with Crippen LogP contribution < -0.4 is 10.6 Å². The van der Waals surface area contributed by atoms with Gasteiger partial charge >= 0.3 is 6.09 Å². The lowest BCUT2D eigenvalue weighted by atomic mass is 10.2. The number of amides is 1. The van der Waals surface area contributed by atoms with Crippen LogP contribution in [0.1, 0.15) is 34.1 Å². The molecule has 0 radical (unpaired) electrons. The molecular formula is C17H27N3O2. The Balaban J connectivity index is 2.01. The summed E-state index contributed by atoms with van der Waals surface area (Å²) < 4.78 is 5.51. The van der Waals surface area contributed by atoms with Gasteiger partial charge in [-0.3, -0.25) is 0 Å². The van der Waals surface area contributed by atoms with E-state index < -0.39 is 5.60 Å². The number of carbonyl (C=O) groups excluding carboxylic acids is 1. The largest absolute Gasteiger partial charge is 0.444 e. The number of nitrogen functional groups attached to an aromatic ring is 1. The number of rotatable bonds is 3. The van der Waals surface area contributed by atoms with Gasteiger partial charge in [-0.05, 0) is 58.4 Å². The fraction of sp³-hybridized carbons (Fsp3) is 0.588. The SMILES string of the molecule is CCN(C(=O)OC(C)(C)C)C1CCN(c2ccc(N)cc2)C1. The first-order chi connectivity index (χ1) is 10.3. The van der Waals surface area contributed by atoms with Gasteiger partial charge in [-0.1, -0.05) is 0 Å². The van der Waals surface area contributed by atoms with Crippen molar-refractivity contribution >= 4 is 17.5 Å². The van der Waals surface area contributed by atoms with Crippen LogP contribution in [0.15, 0.2) is 24.3 Å². The van der Waals surface area contributed by atoms with Gasteiger partial charge in [-0.15, -0.1) is 0 Å². The Labute approximate surface area is 133 Å². The van der Waals surface area contributed by atoms with E-state index in [0.29, 0.717) is 6.54 Å². The molecule has 1 amide bonds. The predicted octanol–water partition coefficient (Wildman–Crippen LogP) is 3.10. The molecule has 0 bridgehead atoms. The van der Waals surface area contributed by atoms with Crippen LogP contribution in [0.3, 0.4) is 0 Å². The second kappa shape index (κ2) is 6.46. The van der Waals surface area contributed by atoms with Crippen molar-refractivity contribution in [3.63, 3.8) is 0 Å². The molecule has 5 nitrogen and oxygen atoms in total. The monoisotopic (exact) mass is 305 g/mol. The van der Waals surface area contributed by atoms with Crippen LogP contribution in [0.25, 0.3) is 0 Å². The average molecular weight is 305 g/mol. The lowest BCUT2D eigenvalue weighted by Gasteiger charge is -2.31. The summed E-state index contributed by atoms with van der Waals surface area (Å²) in [6.45, 7) is 10.1. The summed E-state index contributed by atoms with van der Waals surface area (Å²) in [4.78, 5) is 16.5. The quantitative estimate of drug-likeness (QED) is 0.872. The number of anilines is 2. The summed E-state index contributed by atoms with van der Waals surface area (Å²) in [7, 11) is 0. The van der Waals surface area contributed by atoms with Gasteiger partial charge in [0, 0.05) is 31.0 Å². The molecule has 1 unspecified atom stereocenters. The van der Waals surface area contributed by atoms with Gasteiger partial charge in [-0.2, -0.15) is 0 Å². The molecule has 0 spiro atoms. The minimum atomic E-state index is -0.459. The summed E-state index contributed by atoms with van der Waals surface area (Å²) in [5.41, 5.74) is 7.19. The van der Waals surface area contributed by atoms with Crippen molar-refractivity contribution in [2.24, 2.45) is 0 Å². The molecule has 22 heavy (non-hydrogen) atoms. The molecule has 1 aromatic rings. The molecule has 0 aliphatic carbocycles. The van der Waals surface area contributed by atoms with Gasteiger partial charge in [0.2, 0.25) is 0 Å². The van der Waals surface area contributed by atoms with E-state index in [4.69, 9.17) is 10.5 Å². The summed E-state index contributed by atoms with van der Waals surface area (Å²) in [6.07, 6.45) is 0.733. The molecule has 2 rings (SSSR count). The highest BCUT2D eigenvalue weighted by Crippen LogP contribution is 2.25. The minimum absolute atomic E-state index is 0.192. The zero-order valence-electron chi connectivity index (χ0n) is 14.0. The fourth-order valence-corrected chi connectivity index (χ4v) is 2.77. The molecule has 122 valence electrons. The fourth-order valence-electron chi connectivity index (χ4n) is 2.77. The van der Waals surface area contributed by atoms with Crippen LogP contribution in [0.4, 0.5) is 16.2 Å². The standard InChI is InChI=1S/C17H27N3O2/c1-5-20(16(21)22-17(2,3)4)15-10-11-19(12-15)14-8-6-13(18)7-9-14/h6-9,15H,5,10-12,18H2,1-4H3. The molecule has 1 aromatic carbocycles. The smallest absolute Gasteiger partial charge is 0.410 e. The average Bonchev–Trinajstić information content (AvgIpc) is 2.88. The highest BCUT2D eigenvalue weighted by atomic mass is 16.6. The second-order valence-corrected chi connectivity index (χ2v) is 6.75. The number of likely N-dealkylation sites (N-methyl/N-ethyl adjacent to an activating group) is 1. The van der Waals surface area contributed by atoms with E-state index in [-0.39, 0.29) is 12.1 Å². The Bertz CT molecular complexity index is 508. The molecule has 1 saturated heterocycles. The van der Waals surface area contributed by atoms with Crippen molar-refractivity contribution in [3.8, 4) is 0 Å². The van der Waals surface area contributed by atoms with Crippen LogP contribution in [-0.4, -0.2) is 42.3 Å². The Morgan fingerprint density at radius 1 is 1.36 bits per heavy atom. The van der Waals surface area contributed by atoms with Crippen molar-refractivity contribution in [3.05, 3.63) is 24.3 Å². The van der Waals surface area contributed by atoms with E-state index >= 15 is 0 Å². The molecule has 2 N–H and O–H groups in total. The molecule has 0 saturated carbocycles. The highest BCUT2D eigenvalue weighted by Gasteiger charge is 2.32. The van der Waals surface area contributed by atoms with E-state index in [9.17, 15) is 4.79 Å². The molecule has 5 heteroatoms. The normalized spacial score (nSPS) is 18.4. The summed E-state index contributed by atoms with van der Waals surface area (Å²) in [6, 6.07) is 8.07. The van der Waals surface area contributed by atoms with E-state index in [1.54, 1.807) is 0 Å². The van der Waals surface area contributed by atoms with Gasteiger partial charge in [-0.25, -0.2) is 4.79 Å². The molecule has 1 heterocycles. The number of nitrogens with two attached hydrogens (primary N) is 1. The first kappa shape index (κ1) is 16.5. The van der Waals surface area contributed by atoms with Crippen molar-refractivity contribution in [2.45, 2.75) is 45.8 Å². The van der Waals surface area contributed by atoms with E-state index in [2.05, 4.69) is 4.90 Å². The maximum absolute atomic E-state index is 12.3. The van der Waals surface area contributed by atoms with Gasteiger partial charge in [0.15, 0.2) is 0 Å². The lowest BCUT2D eigenvalue weighted by molar-refractivity contribution is 0.0191. The predicted molar refractivity (Wildman–Crippen MR) is 90.1 cm³/mol. The van der Waals surface area contributed by atoms with Gasteiger partial charge in [0.25, 0.3) is 0 Å². The number of hydrogen-bond donors (Lipinski definition) is 1. The first-order valence-corrected chi connectivity index (χ1v) is 7.90. The Morgan fingerprint density at radius 2 is 2.00 bits per heavy atom. The zero-order valence-corrected chi connectivity index (χ0v) is 14.0. The number of benzene rings is 1. The Morgan fingerprint density at radius 3 is 2.55 bits per heavy atom. The van der Waals surface area contributed by atoms with Crippen molar-refractivity contribution < 1.29 is 9.53 Å². The molecular weight excluding hydrogens is 278 g/mol. The molecule has 1 atom stereocenters. The summed E-state index contributed by atoms with van der Waals surface area (Å²) in [5, 5.41) is 0. The van der Waals surface area contributed by atoms with Crippen LogP contribution in [0.5, 0.6) is 0 Å². The first-order valence-electron chi connectivity index (χ1n) is 7.90. The molecule has 1 aliphatic rings. The number of nitrogens with zero attached hydrogens (tertiary/aromatic N) is 2. The summed E-state index contributed by atoms with van der Waals surface area (Å²) >= 11 is 0. The van der Waals surface area contributed by atoms with Crippen LogP contribution in [0.2, 0.25) is 0 Å². The summed E-state index contributed by atoms with van der Waals surface area (Å²) in [5.74, 6) is 0. The molecule has 1 aliphatic heterocycles. The minimum Gasteiger partial charge on any atom is -0.444 e. The second-order valence-electron chi connectivity index (χ2n) is 6.75. The Kier molecular flexibility index (Phi) is 4.84. The maximum atomic E-state index is 12.3. The third-order valence-corrected chi connectivity index (χ3v) is 3.83. The van der Waals surface area contributed by atoms with Gasteiger partial charge in [0.05, 0.1) is 6.04 Å². The van der Waals surface area contributed by atoms with Crippen molar-refractivity contribution in [1.29, 1.82) is 0 Å². The van der Waals surface area contributed by atoms with Crippen LogP contribution >= 0.6 is 0 Å². The van der Waals surface area contributed by atoms with Crippen LogP contribution in [0, 0.1) is 0 Å². The molecule has 0 aromatic heterocycles. The topological polar surface area (TPSA) is 58.8 Å². The number of carbonyl (C=O) groups is 1. The van der Waals surface area contributed by atoms with Crippen LogP contribution in [-0.2, 0) is 4.74 Å². The third kappa shape index (κ3) is 4.06. The van der Waals surface area contributed by atoms with Crippen molar-refractivity contribution in [2.75, 3.05) is 30.3 Å². The Hall–Kier alpha value is -1.91. The van der Waals surface area contributed by atoms with E-state index in [0.717, 1.165) is 30.9 Å². The highest BCUT2D eigenvalue weighted by molar-refractivity contribution is 5.69. The van der Waals surface area contributed by atoms with E-state index in [1.165, 1.54) is 0 Å². The third-order valence-electron chi connectivity index (χ3n) is 3.83. The zero-order chi connectivity index (χ0) is 16.3.